The van der Waals surface area contributed by atoms with Gasteiger partial charge in [0.15, 0.2) is 0 Å². The summed E-state index contributed by atoms with van der Waals surface area (Å²) in [5, 5.41) is 6.70. The first kappa shape index (κ1) is 14.5. The molecule has 1 aromatic heterocycles. The summed E-state index contributed by atoms with van der Waals surface area (Å²) in [6.07, 6.45) is 1.14. The predicted molar refractivity (Wildman–Crippen MR) is 90.3 cm³/mol. The number of halogens is 1. The Labute approximate surface area is 133 Å². The van der Waals surface area contributed by atoms with Crippen LogP contribution in [0.3, 0.4) is 0 Å². The molecule has 2 aromatic rings. The molecule has 2 unspecified atom stereocenters. The number of nitrogens with one attached hydrogen (secondary N) is 1. The van der Waals surface area contributed by atoms with Gasteiger partial charge in [-0.3, -0.25) is 0 Å². The van der Waals surface area contributed by atoms with Crippen LogP contribution in [-0.4, -0.2) is 12.3 Å². The molecule has 0 aliphatic carbocycles. The summed E-state index contributed by atoms with van der Waals surface area (Å²) in [6, 6.07) is 11.1. The lowest BCUT2D eigenvalue weighted by Gasteiger charge is -2.25. The van der Waals surface area contributed by atoms with E-state index in [1.54, 1.807) is 11.3 Å². The normalized spacial score (nSPS) is 19.0. The van der Waals surface area contributed by atoms with Crippen molar-refractivity contribution in [3.63, 3.8) is 0 Å². The molecule has 1 aliphatic rings. The fourth-order valence-electron chi connectivity index (χ4n) is 2.71. The van der Waals surface area contributed by atoms with Gasteiger partial charge in [-0.15, -0.1) is 23.1 Å². The summed E-state index contributed by atoms with van der Waals surface area (Å²) < 4.78 is 0. The van der Waals surface area contributed by atoms with E-state index in [4.69, 9.17) is 11.6 Å². The summed E-state index contributed by atoms with van der Waals surface area (Å²) >= 11 is 10.1. The summed E-state index contributed by atoms with van der Waals surface area (Å²) in [4.78, 5) is 2.70. The molecule has 0 saturated heterocycles. The highest BCUT2D eigenvalue weighted by molar-refractivity contribution is 7.99. The topological polar surface area (TPSA) is 12.0 Å². The van der Waals surface area contributed by atoms with Crippen LogP contribution in [0.2, 0.25) is 5.02 Å². The van der Waals surface area contributed by atoms with E-state index in [9.17, 15) is 0 Å². The van der Waals surface area contributed by atoms with Crippen molar-refractivity contribution in [2.24, 2.45) is 0 Å². The maximum atomic E-state index is 6.38. The minimum atomic E-state index is 0.332. The molecule has 1 N–H and O–H groups in total. The molecule has 106 valence electrons. The van der Waals surface area contributed by atoms with Gasteiger partial charge in [-0.05, 0) is 36.0 Å². The molecule has 0 saturated carbocycles. The lowest BCUT2D eigenvalue weighted by atomic mass is 9.92. The Bertz CT molecular complexity index is 581. The molecule has 2 atom stereocenters. The van der Waals surface area contributed by atoms with E-state index < -0.39 is 0 Å². The molecule has 20 heavy (non-hydrogen) atoms. The zero-order valence-electron chi connectivity index (χ0n) is 11.4. The van der Waals surface area contributed by atoms with Gasteiger partial charge in [-0.2, -0.15) is 0 Å². The smallest absolute Gasteiger partial charge is 0.0561 e. The minimum Gasteiger partial charge on any atom is -0.309 e. The van der Waals surface area contributed by atoms with Crippen LogP contribution in [0.1, 0.15) is 35.7 Å². The van der Waals surface area contributed by atoms with Crippen LogP contribution < -0.4 is 5.32 Å². The van der Waals surface area contributed by atoms with Crippen LogP contribution >= 0.6 is 34.7 Å². The number of rotatable bonds is 5. The monoisotopic (exact) mass is 323 g/mol. The van der Waals surface area contributed by atoms with E-state index in [-0.39, 0.29) is 0 Å². The van der Waals surface area contributed by atoms with Crippen LogP contribution in [0.4, 0.5) is 0 Å². The first-order valence-corrected chi connectivity index (χ1v) is 9.23. The predicted octanol–water partition coefficient (Wildman–Crippen LogP) is 5.33. The standard InChI is InChI=1S/C16H18ClNS2/c1-2-8-18-15(16-13(17)7-9-19-16)12-10-20-14-6-4-3-5-11(12)14/h3-7,9,12,15,18H,2,8,10H2,1H3. The fourth-order valence-corrected chi connectivity index (χ4v) is 5.31. The molecule has 0 bridgehead atoms. The third kappa shape index (κ3) is 2.77. The van der Waals surface area contributed by atoms with Crippen molar-refractivity contribution >= 4 is 34.7 Å². The first-order chi connectivity index (χ1) is 9.81. The Kier molecular flexibility index (Phi) is 4.72. The third-order valence-corrected chi connectivity index (χ3v) is 6.33. The van der Waals surface area contributed by atoms with Gasteiger partial charge in [0.1, 0.15) is 0 Å². The van der Waals surface area contributed by atoms with E-state index in [0.29, 0.717) is 12.0 Å². The maximum absolute atomic E-state index is 6.38. The second-order valence-corrected chi connectivity index (χ2v) is 7.44. The molecule has 2 heterocycles. The highest BCUT2D eigenvalue weighted by Crippen LogP contribution is 2.47. The van der Waals surface area contributed by atoms with Crippen molar-refractivity contribution in [3.05, 3.63) is 51.2 Å². The van der Waals surface area contributed by atoms with E-state index >= 15 is 0 Å². The van der Waals surface area contributed by atoms with Crippen LogP contribution in [0.5, 0.6) is 0 Å². The molecule has 4 heteroatoms. The molecule has 1 aromatic carbocycles. The maximum Gasteiger partial charge on any atom is 0.0561 e. The van der Waals surface area contributed by atoms with Crippen molar-refractivity contribution in [1.29, 1.82) is 0 Å². The van der Waals surface area contributed by atoms with Gasteiger partial charge in [0, 0.05) is 21.4 Å². The highest BCUT2D eigenvalue weighted by Gasteiger charge is 2.32. The van der Waals surface area contributed by atoms with Crippen LogP contribution in [0, 0.1) is 0 Å². The Balaban J connectivity index is 1.93. The van der Waals surface area contributed by atoms with Gasteiger partial charge in [0.25, 0.3) is 0 Å². The van der Waals surface area contributed by atoms with Crippen LogP contribution in [-0.2, 0) is 0 Å². The van der Waals surface area contributed by atoms with Gasteiger partial charge in [0.2, 0.25) is 0 Å². The third-order valence-electron chi connectivity index (χ3n) is 3.68. The number of hydrogen-bond acceptors (Lipinski definition) is 3. The highest BCUT2D eigenvalue weighted by atomic mass is 35.5. The van der Waals surface area contributed by atoms with Crippen molar-refractivity contribution in [1.82, 2.24) is 5.32 Å². The second kappa shape index (κ2) is 6.52. The number of hydrogen-bond donors (Lipinski definition) is 1. The fraction of sp³-hybridized carbons (Fsp3) is 0.375. The van der Waals surface area contributed by atoms with E-state index in [1.165, 1.54) is 15.3 Å². The molecule has 0 spiro atoms. The summed E-state index contributed by atoms with van der Waals surface area (Å²) in [5.74, 6) is 1.65. The van der Waals surface area contributed by atoms with Crippen LogP contribution in [0.25, 0.3) is 0 Å². The SMILES string of the molecule is CCCNC(c1sccc1Cl)C1CSc2ccccc21. The van der Waals surface area contributed by atoms with Gasteiger partial charge >= 0.3 is 0 Å². The zero-order chi connectivity index (χ0) is 13.9. The summed E-state index contributed by atoms with van der Waals surface area (Å²) in [7, 11) is 0. The molecule has 1 nitrogen and oxygen atoms in total. The average molecular weight is 324 g/mol. The largest absolute Gasteiger partial charge is 0.309 e. The Morgan fingerprint density at radius 3 is 2.95 bits per heavy atom. The molecule has 1 aliphatic heterocycles. The number of fused-ring (bicyclic) bond motifs is 1. The van der Waals surface area contributed by atoms with E-state index in [0.717, 1.165) is 23.7 Å². The molecule has 0 fully saturated rings. The molecule has 0 radical (unpaired) electrons. The molecular weight excluding hydrogens is 306 g/mol. The summed E-state index contributed by atoms with van der Waals surface area (Å²) in [5.41, 5.74) is 1.47. The Hall–Kier alpha value is -0.480. The summed E-state index contributed by atoms with van der Waals surface area (Å²) in [6.45, 7) is 3.24. The minimum absolute atomic E-state index is 0.332. The van der Waals surface area contributed by atoms with Crippen molar-refractivity contribution in [2.75, 3.05) is 12.3 Å². The van der Waals surface area contributed by atoms with Gasteiger partial charge in [-0.1, -0.05) is 36.7 Å². The van der Waals surface area contributed by atoms with E-state index in [1.807, 2.05) is 17.8 Å². The first-order valence-electron chi connectivity index (χ1n) is 6.99. The van der Waals surface area contributed by atoms with Crippen molar-refractivity contribution < 1.29 is 0 Å². The number of benzene rings is 1. The average Bonchev–Trinajstić information content (AvgIpc) is 3.07. The van der Waals surface area contributed by atoms with Crippen molar-refractivity contribution in [3.8, 4) is 0 Å². The molecule has 3 rings (SSSR count). The molecular formula is C16H18ClNS2. The molecule has 0 amide bonds. The van der Waals surface area contributed by atoms with E-state index in [2.05, 4.69) is 41.9 Å². The lowest BCUT2D eigenvalue weighted by Crippen LogP contribution is -2.27. The van der Waals surface area contributed by atoms with Crippen LogP contribution in [0.15, 0.2) is 40.6 Å². The number of thioether (sulfide) groups is 1. The van der Waals surface area contributed by atoms with Gasteiger partial charge in [0.05, 0.1) is 11.1 Å². The number of thiophene rings is 1. The zero-order valence-corrected chi connectivity index (χ0v) is 13.8. The van der Waals surface area contributed by atoms with Crippen molar-refractivity contribution in [2.45, 2.75) is 30.2 Å². The lowest BCUT2D eigenvalue weighted by molar-refractivity contribution is 0.478. The van der Waals surface area contributed by atoms with Gasteiger partial charge in [-0.25, -0.2) is 0 Å². The Morgan fingerprint density at radius 2 is 2.20 bits per heavy atom. The quantitative estimate of drug-likeness (QED) is 0.798. The van der Waals surface area contributed by atoms with Gasteiger partial charge < -0.3 is 5.32 Å². The second-order valence-electron chi connectivity index (χ2n) is 5.02. The Morgan fingerprint density at radius 1 is 1.35 bits per heavy atom.